The highest BCUT2D eigenvalue weighted by molar-refractivity contribution is 4.73. The lowest BCUT2D eigenvalue weighted by molar-refractivity contribution is -0.174. The van der Waals surface area contributed by atoms with E-state index in [1.807, 2.05) is 6.08 Å². The van der Waals surface area contributed by atoms with Gasteiger partial charge in [0.05, 0.1) is 0 Å². The Hall–Kier alpha value is -0.550. The standard InChI is InChI=1S/C12H22F3NO/c1-3-5-6-11(16-8-4-2)7-9-17-10-12(13,14)15/h3,11,16H,1,4-10H2,2H3. The van der Waals surface area contributed by atoms with Gasteiger partial charge in [0, 0.05) is 12.6 Å². The zero-order valence-electron chi connectivity index (χ0n) is 10.4. The molecule has 0 amide bonds. The van der Waals surface area contributed by atoms with Gasteiger partial charge >= 0.3 is 6.18 Å². The molecular formula is C12H22F3NO. The van der Waals surface area contributed by atoms with Crippen LogP contribution in [0, 0.1) is 0 Å². The van der Waals surface area contributed by atoms with Gasteiger partial charge in [-0.3, -0.25) is 0 Å². The zero-order chi connectivity index (χ0) is 13.1. The van der Waals surface area contributed by atoms with Crippen molar-refractivity contribution in [3.8, 4) is 0 Å². The quantitative estimate of drug-likeness (QED) is 0.476. The predicted octanol–water partition coefficient (Wildman–Crippen LogP) is 3.29. The Balaban J connectivity index is 3.70. The van der Waals surface area contributed by atoms with E-state index in [1.54, 1.807) is 0 Å². The minimum atomic E-state index is -4.23. The zero-order valence-corrected chi connectivity index (χ0v) is 10.4. The Labute approximate surface area is 101 Å². The highest BCUT2D eigenvalue weighted by Crippen LogP contribution is 2.14. The van der Waals surface area contributed by atoms with Crippen molar-refractivity contribution in [2.24, 2.45) is 0 Å². The van der Waals surface area contributed by atoms with Gasteiger partial charge in [-0.15, -0.1) is 6.58 Å². The average molecular weight is 253 g/mol. The van der Waals surface area contributed by atoms with Gasteiger partial charge < -0.3 is 10.1 Å². The molecule has 0 bridgehead atoms. The molecule has 17 heavy (non-hydrogen) atoms. The summed E-state index contributed by atoms with van der Waals surface area (Å²) >= 11 is 0. The molecule has 0 spiro atoms. The fourth-order valence-corrected chi connectivity index (χ4v) is 1.43. The van der Waals surface area contributed by atoms with Crippen LogP contribution in [0.25, 0.3) is 0 Å². The van der Waals surface area contributed by atoms with Crippen molar-refractivity contribution in [2.75, 3.05) is 19.8 Å². The maximum absolute atomic E-state index is 11.8. The normalized spacial score (nSPS) is 13.6. The van der Waals surface area contributed by atoms with E-state index >= 15 is 0 Å². The van der Waals surface area contributed by atoms with Gasteiger partial charge in [-0.2, -0.15) is 13.2 Å². The summed E-state index contributed by atoms with van der Waals surface area (Å²) in [5.41, 5.74) is 0. The van der Waals surface area contributed by atoms with Gasteiger partial charge in [-0.1, -0.05) is 13.0 Å². The third kappa shape index (κ3) is 11.7. The van der Waals surface area contributed by atoms with Gasteiger partial charge in [0.25, 0.3) is 0 Å². The Morgan fingerprint density at radius 3 is 2.59 bits per heavy atom. The van der Waals surface area contributed by atoms with E-state index in [2.05, 4.69) is 23.6 Å². The molecular weight excluding hydrogens is 231 g/mol. The van der Waals surface area contributed by atoms with Crippen LogP contribution in [0.5, 0.6) is 0 Å². The Bertz CT molecular complexity index is 195. The van der Waals surface area contributed by atoms with Gasteiger partial charge in [0.15, 0.2) is 0 Å². The van der Waals surface area contributed by atoms with Crippen LogP contribution in [0.2, 0.25) is 0 Å². The second-order valence-electron chi connectivity index (χ2n) is 3.97. The molecule has 1 N–H and O–H groups in total. The minimum Gasteiger partial charge on any atom is -0.372 e. The molecule has 1 atom stereocenters. The monoisotopic (exact) mass is 253 g/mol. The summed E-state index contributed by atoms with van der Waals surface area (Å²) in [5, 5.41) is 3.29. The molecule has 1 unspecified atom stereocenters. The second-order valence-corrected chi connectivity index (χ2v) is 3.97. The average Bonchev–Trinajstić information content (AvgIpc) is 2.25. The molecule has 0 aromatic carbocycles. The maximum atomic E-state index is 11.8. The van der Waals surface area contributed by atoms with Gasteiger partial charge in [-0.05, 0) is 32.2 Å². The van der Waals surface area contributed by atoms with Crippen LogP contribution >= 0.6 is 0 Å². The van der Waals surface area contributed by atoms with E-state index < -0.39 is 12.8 Å². The highest BCUT2D eigenvalue weighted by Gasteiger charge is 2.27. The summed E-state index contributed by atoms with van der Waals surface area (Å²) in [6.45, 7) is 5.54. The van der Waals surface area contributed by atoms with Crippen molar-refractivity contribution in [3.63, 3.8) is 0 Å². The summed E-state index contributed by atoms with van der Waals surface area (Å²) in [4.78, 5) is 0. The molecule has 0 aliphatic carbocycles. The van der Waals surface area contributed by atoms with Crippen LogP contribution < -0.4 is 5.32 Å². The molecule has 0 fully saturated rings. The fourth-order valence-electron chi connectivity index (χ4n) is 1.43. The van der Waals surface area contributed by atoms with Crippen LogP contribution in [-0.2, 0) is 4.74 Å². The predicted molar refractivity (Wildman–Crippen MR) is 63.0 cm³/mol. The van der Waals surface area contributed by atoms with Crippen LogP contribution in [0.1, 0.15) is 32.6 Å². The number of nitrogens with one attached hydrogen (secondary N) is 1. The lowest BCUT2D eigenvalue weighted by Crippen LogP contribution is -2.31. The smallest absolute Gasteiger partial charge is 0.372 e. The molecule has 102 valence electrons. The molecule has 2 nitrogen and oxygen atoms in total. The van der Waals surface area contributed by atoms with Crippen molar-refractivity contribution < 1.29 is 17.9 Å². The molecule has 0 aliphatic heterocycles. The lowest BCUT2D eigenvalue weighted by atomic mass is 10.1. The summed E-state index contributed by atoms with van der Waals surface area (Å²) in [5.74, 6) is 0. The van der Waals surface area contributed by atoms with Gasteiger partial charge in [0.2, 0.25) is 0 Å². The summed E-state index contributed by atoms with van der Waals surface area (Å²) in [6, 6.07) is 0.209. The molecule has 0 saturated carbocycles. The van der Waals surface area contributed by atoms with Crippen molar-refractivity contribution >= 4 is 0 Å². The van der Waals surface area contributed by atoms with E-state index in [0.717, 1.165) is 25.8 Å². The fraction of sp³-hybridized carbons (Fsp3) is 0.833. The Kier molecular flexibility index (Phi) is 9.17. The van der Waals surface area contributed by atoms with Crippen molar-refractivity contribution in [2.45, 2.75) is 44.8 Å². The molecule has 0 saturated heterocycles. The van der Waals surface area contributed by atoms with Crippen LogP contribution in [-0.4, -0.2) is 32.0 Å². The molecule has 5 heteroatoms. The maximum Gasteiger partial charge on any atom is 0.411 e. The molecule has 0 aromatic rings. The number of allylic oxidation sites excluding steroid dienone is 1. The number of ether oxygens (including phenoxy) is 1. The largest absolute Gasteiger partial charge is 0.411 e. The number of alkyl halides is 3. The SMILES string of the molecule is C=CCCC(CCOCC(F)(F)F)NCCC. The Morgan fingerprint density at radius 1 is 1.35 bits per heavy atom. The minimum absolute atomic E-state index is 0.137. The first-order valence-corrected chi connectivity index (χ1v) is 5.98. The van der Waals surface area contributed by atoms with Crippen LogP contribution in [0.15, 0.2) is 12.7 Å². The molecule has 0 heterocycles. The molecule has 0 aromatic heterocycles. The number of rotatable bonds is 10. The first kappa shape index (κ1) is 16.4. The molecule has 0 rings (SSSR count). The summed E-state index contributed by atoms with van der Waals surface area (Å²) in [6.07, 6.45) is 0.947. The topological polar surface area (TPSA) is 21.3 Å². The summed E-state index contributed by atoms with van der Waals surface area (Å²) in [7, 11) is 0. The second kappa shape index (κ2) is 9.48. The number of halogens is 3. The number of hydrogen-bond donors (Lipinski definition) is 1. The van der Waals surface area contributed by atoms with Crippen LogP contribution in [0.4, 0.5) is 13.2 Å². The third-order valence-electron chi connectivity index (χ3n) is 2.28. The van der Waals surface area contributed by atoms with E-state index in [4.69, 9.17) is 0 Å². The van der Waals surface area contributed by atoms with Gasteiger partial charge in [-0.25, -0.2) is 0 Å². The highest BCUT2D eigenvalue weighted by atomic mass is 19.4. The van der Waals surface area contributed by atoms with Crippen molar-refractivity contribution in [1.82, 2.24) is 5.32 Å². The molecule has 0 aliphatic rings. The number of hydrogen-bond acceptors (Lipinski definition) is 2. The van der Waals surface area contributed by atoms with E-state index in [1.165, 1.54) is 0 Å². The van der Waals surface area contributed by atoms with Crippen molar-refractivity contribution in [1.29, 1.82) is 0 Å². The van der Waals surface area contributed by atoms with E-state index in [9.17, 15) is 13.2 Å². The van der Waals surface area contributed by atoms with E-state index in [0.29, 0.717) is 6.42 Å². The van der Waals surface area contributed by atoms with Gasteiger partial charge in [0.1, 0.15) is 6.61 Å². The molecule has 0 radical (unpaired) electrons. The van der Waals surface area contributed by atoms with Crippen LogP contribution in [0.3, 0.4) is 0 Å². The summed E-state index contributed by atoms with van der Waals surface area (Å²) < 4.78 is 40.1. The third-order valence-corrected chi connectivity index (χ3v) is 2.28. The first-order valence-electron chi connectivity index (χ1n) is 5.98. The van der Waals surface area contributed by atoms with E-state index in [-0.39, 0.29) is 12.6 Å². The lowest BCUT2D eigenvalue weighted by Gasteiger charge is -2.18. The Morgan fingerprint density at radius 2 is 2.06 bits per heavy atom. The first-order chi connectivity index (χ1) is 7.99. The van der Waals surface area contributed by atoms with Crippen molar-refractivity contribution in [3.05, 3.63) is 12.7 Å².